The Hall–Kier alpha value is 0.400. The molecule has 13 heavy (non-hydrogen) atoms. The standard InChI is InChI=1S/C10H17BrO2/c1-2-9-7(3-5-12-9)10-8(11)4-6-13-10/h7-10H,2-6H2,1H3. The molecule has 2 aliphatic heterocycles. The van der Waals surface area contributed by atoms with Crippen LogP contribution in [0.5, 0.6) is 0 Å². The fourth-order valence-corrected chi connectivity index (χ4v) is 3.17. The van der Waals surface area contributed by atoms with Gasteiger partial charge in [0, 0.05) is 24.0 Å². The van der Waals surface area contributed by atoms with Crippen molar-refractivity contribution in [1.29, 1.82) is 0 Å². The molecule has 0 N–H and O–H groups in total. The van der Waals surface area contributed by atoms with E-state index in [0.717, 1.165) is 26.1 Å². The molecule has 0 aliphatic carbocycles. The van der Waals surface area contributed by atoms with E-state index in [0.29, 0.717) is 23.0 Å². The molecule has 0 radical (unpaired) electrons. The maximum atomic E-state index is 5.75. The molecule has 2 heterocycles. The minimum atomic E-state index is 0.396. The summed E-state index contributed by atoms with van der Waals surface area (Å²) in [5.41, 5.74) is 0. The van der Waals surface area contributed by atoms with Crippen LogP contribution in [0.4, 0.5) is 0 Å². The van der Waals surface area contributed by atoms with Crippen molar-refractivity contribution in [2.45, 2.75) is 43.2 Å². The van der Waals surface area contributed by atoms with Gasteiger partial charge in [0.05, 0.1) is 12.2 Å². The molecule has 2 fully saturated rings. The Morgan fingerprint density at radius 2 is 2.00 bits per heavy atom. The minimum absolute atomic E-state index is 0.396. The molecule has 2 saturated heterocycles. The molecule has 0 aromatic heterocycles. The van der Waals surface area contributed by atoms with Crippen molar-refractivity contribution >= 4 is 15.9 Å². The minimum Gasteiger partial charge on any atom is -0.378 e. The Balaban J connectivity index is 1.98. The summed E-state index contributed by atoms with van der Waals surface area (Å²) < 4.78 is 11.4. The first-order valence-electron chi connectivity index (χ1n) is 5.20. The van der Waals surface area contributed by atoms with E-state index in [-0.39, 0.29) is 0 Å². The summed E-state index contributed by atoms with van der Waals surface area (Å²) in [6.07, 6.45) is 4.27. The first kappa shape index (κ1) is 9.94. The summed E-state index contributed by atoms with van der Waals surface area (Å²) in [6.45, 7) is 4.03. The van der Waals surface area contributed by atoms with Gasteiger partial charge in [-0.15, -0.1) is 0 Å². The molecular formula is C10H17BrO2. The van der Waals surface area contributed by atoms with E-state index >= 15 is 0 Å². The first-order chi connectivity index (χ1) is 6.33. The van der Waals surface area contributed by atoms with Crippen LogP contribution in [0.1, 0.15) is 26.2 Å². The van der Waals surface area contributed by atoms with Gasteiger partial charge in [0.15, 0.2) is 0 Å². The fourth-order valence-electron chi connectivity index (χ4n) is 2.44. The number of hydrogen-bond donors (Lipinski definition) is 0. The van der Waals surface area contributed by atoms with Gasteiger partial charge in [-0.2, -0.15) is 0 Å². The number of hydrogen-bond acceptors (Lipinski definition) is 2. The lowest BCUT2D eigenvalue weighted by Gasteiger charge is -2.24. The van der Waals surface area contributed by atoms with Crippen LogP contribution < -0.4 is 0 Å². The Kier molecular flexibility index (Phi) is 3.27. The average Bonchev–Trinajstić information content (AvgIpc) is 2.71. The highest BCUT2D eigenvalue weighted by atomic mass is 79.9. The number of ether oxygens (including phenoxy) is 2. The molecule has 0 spiro atoms. The third-order valence-corrected chi connectivity index (χ3v) is 4.12. The average molecular weight is 249 g/mol. The number of halogens is 1. The Morgan fingerprint density at radius 1 is 1.23 bits per heavy atom. The van der Waals surface area contributed by atoms with Gasteiger partial charge in [-0.3, -0.25) is 0 Å². The summed E-state index contributed by atoms with van der Waals surface area (Å²) in [6, 6.07) is 0. The molecule has 3 heteroatoms. The van der Waals surface area contributed by atoms with Gasteiger partial charge in [0.2, 0.25) is 0 Å². The van der Waals surface area contributed by atoms with Crippen LogP contribution in [0, 0.1) is 5.92 Å². The molecule has 2 aliphatic rings. The number of alkyl halides is 1. The molecule has 2 nitrogen and oxygen atoms in total. The summed E-state index contributed by atoms with van der Waals surface area (Å²) in [4.78, 5) is 0.549. The maximum Gasteiger partial charge on any atom is 0.0754 e. The molecule has 76 valence electrons. The zero-order valence-corrected chi connectivity index (χ0v) is 9.63. The van der Waals surface area contributed by atoms with Crippen LogP contribution in [-0.4, -0.2) is 30.2 Å². The summed E-state index contributed by atoms with van der Waals surface area (Å²) >= 11 is 3.69. The predicted octanol–water partition coefficient (Wildman–Crippen LogP) is 2.35. The van der Waals surface area contributed by atoms with Gasteiger partial charge in [-0.1, -0.05) is 22.9 Å². The van der Waals surface area contributed by atoms with Crippen molar-refractivity contribution in [2.24, 2.45) is 5.92 Å². The first-order valence-corrected chi connectivity index (χ1v) is 6.11. The van der Waals surface area contributed by atoms with E-state index in [1.54, 1.807) is 0 Å². The van der Waals surface area contributed by atoms with E-state index in [4.69, 9.17) is 9.47 Å². The van der Waals surface area contributed by atoms with Crippen molar-refractivity contribution in [1.82, 2.24) is 0 Å². The van der Waals surface area contributed by atoms with Gasteiger partial charge in [-0.25, -0.2) is 0 Å². The topological polar surface area (TPSA) is 18.5 Å². The Labute approximate surface area is 88.1 Å². The summed E-state index contributed by atoms with van der Waals surface area (Å²) in [7, 11) is 0. The highest BCUT2D eigenvalue weighted by Gasteiger charge is 2.40. The molecule has 2 rings (SSSR count). The molecular weight excluding hydrogens is 232 g/mol. The zero-order valence-electron chi connectivity index (χ0n) is 8.04. The Morgan fingerprint density at radius 3 is 2.62 bits per heavy atom. The van der Waals surface area contributed by atoms with Gasteiger partial charge >= 0.3 is 0 Å². The van der Waals surface area contributed by atoms with Crippen LogP contribution in [0.3, 0.4) is 0 Å². The van der Waals surface area contributed by atoms with Crippen LogP contribution in [0.25, 0.3) is 0 Å². The van der Waals surface area contributed by atoms with Gasteiger partial charge in [0.1, 0.15) is 0 Å². The Bertz CT molecular complexity index is 174. The highest BCUT2D eigenvalue weighted by molar-refractivity contribution is 9.09. The van der Waals surface area contributed by atoms with Gasteiger partial charge in [0.25, 0.3) is 0 Å². The van der Waals surface area contributed by atoms with E-state index in [1.165, 1.54) is 6.42 Å². The fraction of sp³-hybridized carbons (Fsp3) is 1.00. The van der Waals surface area contributed by atoms with E-state index in [1.807, 2.05) is 0 Å². The molecule has 0 aromatic carbocycles. The monoisotopic (exact) mass is 248 g/mol. The van der Waals surface area contributed by atoms with E-state index < -0.39 is 0 Å². The maximum absolute atomic E-state index is 5.75. The second-order valence-corrected chi connectivity index (χ2v) is 5.09. The zero-order chi connectivity index (χ0) is 9.26. The molecule has 0 bridgehead atoms. The van der Waals surface area contributed by atoms with Gasteiger partial charge < -0.3 is 9.47 Å². The van der Waals surface area contributed by atoms with Crippen molar-refractivity contribution in [3.63, 3.8) is 0 Å². The predicted molar refractivity (Wildman–Crippen MR) is 55.2 cm³/mol. The second kappa shape index (κ2) is 4.28. The normalized spacial score (nSPS) is 45.7. The lowest BCUT2D eigenvalue weighted by Crippen LogP contribution is -2.32. The second-order valence-electron chi connectivity index (χ2n) is 3.91. The summed E-state index contributed by atoms with van der Waals surface area (Å²) in [5, 5.41) is 0. The molecule has 4 atom stereocenters. The lowest BCUT2D eigenvalue weighted by atomic mass is 9.92. The molecule has 0 saturated carbocycles. The van der Waals surface area contributed by atoms with Crippen LogP contribution in [0.15, 0.2) is 0 Å². The molecule has 4 unspecified atom stereocenters. The quantitative estimate of drug-likeness (QED) is 0.699. The SMILES string of the molecule is CCC1OCCC1C1OCCC1Br. The van der Waals surface area contributed by atoms with Crippen molar-refractivity contribution in [2.75, 3.05) is 13.2 Å². The number of rotatable bonds is 2. The van der Waals surface area contributed by atoms with Crippen LogP contribution >= 0.6 is 15.9 Å². The highest BCUT2D eigenvalue weighted by Crippen LogP contribution is 2.35. The van der Waals surface area contributed by atoms with Crippen molar-refractivity contribution in [3.05, 3.63) is 0 Å². The smallest absolute Gasteiger partial charge is 0.0754 e. The largest absolute Gasteiger partial charge is 0.378 e. The van der Waals surface area contributed by atoms with Crippen LogP contribution in [0.2, 0.25) is 0 Å². The van der Waals surface area contributed by atoms with E-state index in [9.17, 15) is 0 Å². The summed E-state index contributed by atoms with van der Waals surface area (Å²) in [5.74, 6) is 0.622. The van der Waals surface area contributed by atoms with Gasteiger partial charge in [-0.05, 0) is 19.3 Å². The van der Waals surface area contributed by atoms with E-state index in [2.05, 4.69) is 22.9 Å². The third kappa shape index (κ3) is 1.92. The van der Waals surface area contributed by atoms with Crippen molar-refractivity contribution < 1.29 is 9.47 Å². The van der Waals surface area contributed by atoms with Crippen LogP contribution in [-0.2, 0) is 9.47 Å². The third-order valence-electron chi connectivity index (χ3n) is 3.15. The molecule has 0 aromatic rings. The lowest BCUT2D eigenvalue weighted by molar-refractivity contribution is 0.0163. The molecule has 0 amide bonds. The van der Waals surface area contributed by atoms with Crippen molar-refractivity contribution in [3.8, 4) is 0 Å².